The van der Waals surface area contributed by atoms with Crippen LogP contribution in [0, 0.1) is 34.0 Å². The summed E-state index contributed by atoms with van der Waals surface area (Å²) in [5, 5.41) is 29.1. The summed E-state index contributed by atoms with van der Waals surface area (Å²) in [4.78, 5) is 95.2. The first-order valence-corrected chi connectivity index (χ1v) is 20.8. The van der Waals surface area contributed by atoms with Gasteiger partial charge in [0.25, 0.3) is 0 Å². The van der Waals surface area contributed by atoms with E-state index in [1.54, 1.807) is 34.6 Å². The van der Waals surface area contributed by atoms with Crippen LogP contribution in [0.3, 0.4) is 0 Å². The Hall–Kier alpha value is -4.59. The maximum absolute atomic E-state index is 14.9. The third-order valence-corrected chi connectivity index (χ3v) is 15.2. The standard InChI is InChI=1S/C43H56O19/c1-12-38-16-28-37(10,30(56-22(5)45)26-13-14-54-17-26)31(59-33(50)20(2)3)32(57-23(6)46)43(52)39(19-55-21(4)44)27(15-29(49)53-11)36(9)18-40(39,51)42(60-25(8)48,34(36)58-24(7)47)35(61-38)41(28,43)62-38/h13-14,17,20,27-28,30-32,34-35,51-52H,12,15-16,18-19H2,1-11H3/t27-,28+,30-,31-,32+,34-,35-,36+,37+,38?,39+,40+,41+,42-,43-/m0/s1. The van der Waals surface area contributed by atoms with Gasteiger partial charge in [-0.3, -0.25) is 33.6 Å². The molecule has 0 aromatic carbocycles. The van der Waals surface area contributed by atoms with Gasteiger partial charge in [0.1, 0.15) is 35.6 Å². The lowest BCUT2D eigenvalue weighted by molar-refractivity contribution is -0.447. The monoisotopic (exact) mass is 876 g/mol. The molecule has 1 unspecified atom stereocenters. The van der Waals surface area contributed by atoms with E-state index in [2.05, 4.69) is 0 Å². The van der Waals surface area contributed by atoms with Gasteiger partial charge in [0.05, 0.1) is 36.4 Å². The normalized spacial score (nSPS) is 43.3. The first-order chi connectivity index (χ1) is 28.8. The first kappa shape index (κ1) is 45.4. The molecule has 15 atom stereocenters. The molecule has 4 saturated carbocycles. The number of furan rings is 1. The molecule has 0 amide bonds. The fourth-order valence-corrected chi connectivity index (χ4v) is 13.4. The summed E-state index contributed by atoms with van der Waals surface area (Å²) in [5.74, 6) is -11.7. The van der Waals surface area contributed by atoms with Crippen molar-refractivity contribution in [2.24, 2.45) is 34.0 Å². The molecular weight excluding hydrogens is 820 g/mol. The van der Waals surface area contributed by atoms with E-state index in [9.17, 15) is 43.8 Å². The van der Waals surface area contributed by atoms with Gasteiger partial charge in [-0.1, -0.05) is 34.6 Å². The van der Waals surface area contributed by atoms with Gasteiger partial charge in [-0.15, -0.1) is 0 Å². The molecular formula is C43H56O19. The largest absolute Gasteiger partial charge is 0.472 e. The highest BCUT2D eigenvalue weighted by molar-refractivity contribution is 5.75. The maximum atomic E-state index is 14.9. The molecule has 6 fully saturated rings. The van der Waals surface area contributed by atoms with E-state index in [1.807, 2.05) is 0 Å². The lowest BCUT2D eigenvalue weighted by atomic mass is 9.32. The third kappa shape index (κ3) is 5.39. The van der Waals surface area contributed by atoms with Gasteiger partial charge in [-0.2, -0.15) is 0 Å². The SMILES string of the molecule is CCC12C[C@@H]3[C@](C)([C@@H](OC(C)=O)c4ccoc4)[C@@H](OC(=O)C(C)C)[C@@H](OC(C)=O)[C@@]4(O)[C@]3(O1)[C@H](O2)[C@@]1(OC(C)=O)[C@@H](OC(C)=O)[C@]2(C)C[C@@]1(O)[C@@]4(COC(C)=O)[C@H]2CC(=O)OC. The third-order valence-electron chi connectivity index (χ3n) is 15.2. The number of rotatable bonds is 13. The highest BCUT2D eigenvalue weighted by Crippen LogP contribution is 2.87. The van der Waals surface area contributed by atoms with E-state index in [4.69, 9.17) is 47.0 Å². The smallest absolute Gasteiger partial charge is 0.308 e. The van der Waals surface area contributed by atoms with E-state index in [1.165, 1.54) is 18.6 Å². The highest BCUT2D eigenvalue weighted by atomic mass is 16.8. The molecule has 342 valence electrons. The molecule has 1 spiro atoms. The molecule has 6 aliphatic rings. The first-order valence-electron chi connectivity index (χ1n) is 20.8. The Morgan fingerprint density at radius 1 is 0.887 bits per heavy atom. The number of ether oxygens (including phenoxy) is 9. The molecule has 2 aliphatic heterocycles. The van der Waals surface area contributed by atoms with Gasteiger partial charge in [0, 0.05) is 64.4 Å². The Bertz CT molecular complexity index is 2070. The van der Waals surface area contributed by atoms with E-state index < -0.39 is 154 Å². The molecule has 1 aromatic heterocycles. The molecule has 62 heavy (non-hydrogen) atoms. The number of hydrogen-bond donors (Lipinski definition) is 2. The van der Waals surface area contributed by atoms with Crippen molar-refractivity contribution in [3.05, 3.63) is 24.2 Å². The fourth-order valence-electron chi connectivity index (χ4n) is 13.4. The van der Waals surface area contributed by atoms with Crippen LogP contribution in [0.25, 0.3) is 0 Å². The number of carbonyl (C=O) groups is 7. The van der Waals surface area contributed by atoms with Crippen LogP contribution < -0.4 is 0 Å². The van der Waals surface area contributed by atoms with Crippen molar-refractivity contribution in [3.63, 3.8) is 0 Å². The van der Waals surface area contributed by atoms with Gasteiger partial charge in [0.15, 0.2) is 24.1 Å². The Labute approximate surface area is 357 Å². The summed E-state index contributed by atoms with van der Waals surface area (Å²) in [6.45, 7) is 12.4. The van der Waals surface area contributed by atoms with Crippen molar-refractivity contribution < 1.29 is 90.8 Å². The van der Waals surface area contributed by atoms with Crippen LogP contribution in [0.15, 0.2) is 23.0 Å². The second-order valence-corrected chi connectivity index (χ2v) is 18.6. The quantitative estimate of drug-likeness (QED) is 0.213. The van der Waals surface area contributed by atoms with Crippen LogP contribution in [0.4, 0.5) is 0 Å². The maximum Gasteiger partial charge on any atom is 0.308 e. The van der Waals surface area contributed by atoms with Gasteiger partial charge in [-0.25, -0.2) is 0 Å². The number of carbonyl (C=O) groups excluding carboxylic acids is 7. The molecule has 2 N–H and O–H groups in total. The minimum Gasteiger partial charge on any atom is -0.472 e. The summed E-state index contributed by atoms with van der Waals surface area (Å²) >= 11 is 0. The molecule has 4 aliphatic carbocycles. The van der Waals surface area contributed by atoms with Crippen molar-refractivity contribution >= 4 is 41.8 Å². The van der Waals surface area contributed by atoms with Gasteiger partial charge in [0.2, 0.25) is 5.60 Å². The van der Waals surface area contributed by atoms with Crippen molar-refractivity contribution in [1.29, 1.82) is 0 Å². The Balaban J connectivity index is 1.73. The van der Waals surface area contributed by atoms with Crippen molar-refractivity contribution in [3.8, 4) is 0 Å². The van der Waals surface area contributed by atoms with Gasteiger partial charge in [-0.05, 0) is 24.8 Å². The van der Waals surface area contributed by atoms with Crippen LogP contribution in [0.5, 0.6) is 0 Å². The number of aliphatic hydroxyl groups is 2. The predicted molar refractivity (Wildman–Crippen MR) is 203 cm³/mol. The molecule has 19 heteroatoms. The lowest BCUT2D eigenvalue weighted by Crippen LogP contribution is -2.97. The van der Waals surface area contributed by atoms with Crippen molar-refractivity contribution in [2.45, 2.75) is 154 Å². The lowest BCUT2D eigenvalue weighted by Gasteiger charge is -2.77. The summed E-state index contributed by atoms with van der Waals surface area (Å²) in [6, 6.07) is 1.51. The zero-order valence-electron chi connectivity index (χ0n) is 36.7. The van der Waals surface area contributed by atoms with Crippen LogP contribution in [-0.4, -0.2) is 118 Å². The van der Waals surface area contributed by atoms with Crippen LogP contribution in [-0.2, 0) is 76.2 Å². The Kier molecular flexibility index (Phi) is 10.6. The second kappa shape index (κ2) is 14.5. The molecule has 7 rings (SSSR count). The molecule has 2 saturated heterocycles. The summed E-state index contributed by atoms with van der Waals surface area (Å²) < 4.78 is 62.3. The number of esters is 7. The van der Waals surface area contributed by atoms with E-state index in [-0.39, 0.29) is 18.4 Å². The summed E-state index contributed by atoms with van der Waals surface area (Å²) in [6.07, 6.45) is -7.69. The Morgan fingerprint density at radius 3 is 2.06 bits per heavy atom. The molecule has 4 bridgehead atoms. The number of methoxy groups -OCH3 is 1. The van der Waals surface area contributed by atoms with Gasteiger partial charge >= 0.3 is 41.8 Å². The van der Waals surface area contributed by atoms with E-state index in [0.29, 0.717) is 0 Å². The zero-order chi connectivity index (χ0) is 46.0. The van der Waals surface area contributed by atoms with E-state index in [0.717, 1.165) is 41.7 Å². The fraction of sp³-hybridized carbons (Fsp3) is 0.744. The van der Waals surface area contributed by atoms with Crippen molar-refractivity contribution in [2.75, 3.05) is 13.7 Å². The average molecular weight is 877 g/mol. The van der Waals surface area contributed by atoms with Crippen LogP contribution in [0.1, 0.15) is 107 Å². The molecule has 1 aromatic rings. The molecule has 3 heterocycles. The topological polar surface area (TPSA) is 256 Å². The minimum absolute atomic E-state index is 0.0130. The predicted octanol–water partition coefficient (Wildman–Crippen LogP) is 2.55. The molecule has 0 radical (unpaired) electrons. The summed E-state index contributed by atoms with van der Waals surface area (Å²) in [7, 11) is 1.11. The minimum atomic E-state index is -3.00. The van der Waals surface area contributed by atoms with Crippen LogP contribution >= 0.6 is 0 Å². The highest BCUT2D eigenvalue weighted by Gasteiger charge is 3.05. The number of fused-ring (bicyclic) bond motifs is 4. The second-order valence-electron chi connectivity index (χ2n) is 18.6. The number of hydrogen-bond acceptors (Lipinski definition) is 19. The average Bonchev–Trinajstić information content (AvgIpc) is 3.98. The zero-order valence-corrected chi connectivity index (χ0v) is 36.7. The molecule has 19 nitrogen and oxygen atoms in total. The van der Waals surface area contributed by atoms with Crippen LogP contribution in [0.2, 0.25) is 0 Å². The summed E-state index contributed by atoms with van der Waals surface area (Å²) in [5.41, 5.74) is -16.6. The van der Waals surface area contributed by atoms with E-state index >= 15 is 0 Å². The van der Waals surface area contributed by atoms with Crippen molar-refractivity contribution in [1.82, 2.24) is 0 Å². The van der Waals surface area contributed by atoms with Gasteiger partial charge < -0.3 is 57.3 Å². The Morgan fingerprint density at radius 2 is 1.55 bits per heavy atom.